The quantitative estimate of drug-likeness (QED) is 0.748. The van der Waals surface area contributed by atoms with Crippen LogP contribution in [0.1, 0.15) is 25.7 Å². The lowest BCUT2D eigenvalue weighted by molar-refractivity contribution is -0.186. The van der Waals surface area contributed by atoms with Gasteiger partial charge in [-0.1, -0.05) is 6.42 Å². The third kappa shape index (κ3) is 4.53. The van der Waals surface area contributed by atoms with Gasteiger partial charge in [0.1, 0.15) is 0 Å². The van der Waals surface area contributed by atoms with E-state index in [4.69, 9.17) is 0 Å². The summed E-state index contributed by atoms with van der Waals surface area (Å²) >= 11 is 0. The van der Waals surface area contributed by atoms with Gasteiger partial charge in [0.25, 0.3) is 0 Å². The molecule has 0 aromatic heterocycles. The van der Waals surface area contributed by atoms with Gasteiger partial charge in [0.05, 0.1) is 5.92 Å². The van der Waals surface area contributed by atoms with Gasteiger partial charge in [-0.15, -0.1) is 0 Å². The zero-order valence-corrected chi connectivity index (χ0v) is 9.94. The lowest BCUT2D eigenvalue weighted by Gasteiger charge is -2.29. The van der Waals surface area contributed by atoms with Crippen molar-refractivity contribution in [3.05, 3.63) is 0 Å². The highest BCUT2D eigenvalue weighted by Gasteiger charge is 2.43. The average molecular weight is 252 g/mol. The summed E-state index contributed by atoms with van der Waals surface area (Å²) in [6.45, 7) is 1.09. The summed E-state index contributed by atoms with van der Waals surface area (Å²) in [5.41, 5.74) is 0. The Morgan fingerprint density at radius 1 is 1.29 bits per heavy atom. The van der Waals surface area contributed by atoms with E-state index in [0.717, 1.165) is 0 Å². The first-order valence-corrected chi connectivity index (χ1v) is 5.94. The fourth-order valence-corrected chi connectivity index (χ4v) is 2.18. The molecule has 0 bridgehead atoms. The zero-order chi connectivity index (χ0) is 12.9. The molecule has 2 N–H and O–H groups in total. The summed E-state index contributed by atoms with van der Waals surface area (Å²) < 4.78 is 37.6. The molecule has 1 saturated carbocycles. The Balaban J connectivity index is 2.41. The Hall–Kier alpha value is -0.780. The number of amides is 1. The summed E-state index contributed by atoms with van der Waals surface area (Å²) in [5, 5.41) is 5.52. The van der Waals surface area contributed by atoms with E-state index >= 15 is 0 Å². The predicted octanol–water partition coefficient (Wildman–Crippen LogP) is 1.69. The van der Waals surface area contributed by atoms with Crippen LogP contribution in [0.5, 0.6) is 0 Å². The van der Waals surface area contributed by atoms with E-state index in [0.29, 0.717) is 25.9 Å². The number of carbonyl (C=O) groups is 1. The molecule has 1 rings (SSSR count). The zero-order valence-electron chi connectivity index (χ0n) is 9.94. The van der Waals surface area contributed by atoms with E-state index in [1.807, 2.05) is 0 Å². The van der Waals surface area contributed by atoms with Gasteiger partial charge in [0.15, 0.2) is 0 Å². The number of rotatable bonds is 4. The van der Waals surface area contributed by atoms with Gasteiger partial charge >= 0.3 is 6.18 Å². The van der Waals surface area contributed by atoms with Crippen molar-refractivity contribution in [2.45, 2.75) is 31.9 Å². The number of likely N-dealkylation sites (N-methyl/N-ethyl adjacent to an activating group) is 1. The number of alkyl halides is 3. The highest BCUT2D eigenvalue weighted by atomic mass is 19.4. The average Bonchev–Trinajstić information content (AvgIpc) is 2.28. The first kappa shape index (κ1) is 14.3. The minimum absolute atomic E-state index is 0.0606. The Kier molecular flexibility index (Phi) is 5.24. The molecule has 3 nitrogen and oxygen atoms in total. The molecule has 0 heterocycles. The van der Waals surface area contributed by atoms with E-state index in [1.54, 1.807) is 7.05 Å². The lowest BCUT2D eigenvalue weighted by atomic mass is 9.80. The number of nitrogens with one attached hydrogen (secondary N) is 2. The SMILES string of the molecule is CNCCNC(=O)C1CCCC(C(F)(F)F)C1. The van der Waals surface area contributed by atoms with Crippen LogP contribution < -0.4 is 10.6 Å². The molecule has 0 aliphatic heterocycles. The van der Waals surface area contributed by atoms with E-state index in [-0.39, 0.29) is 18.7 Å². The molecule has 6 heteroatoms. The van der Waals surface area contributed by atoms with Crippen molar-refractivity contribution >= 4 is 5.91 Å². The normalized spacial score (nSPS) is 25.6. The van der Waals surface area contributed by atoms with Crippen LogP contribution >= 0.6 is 0 Å². The minimum atomic E-state index is -4.16. The van der Waals surface area contributed by atoms with Gasteiger partial charge in [0, 0.05) is 19.0 Å². The molecule has 0 aromatic carbocycles. The molecular weight excluding hydrogens is 233 g/mol. The first-order chi connectivity index (χ1) is 7.95. The molecule has 100 valence electrons. The van der Waals surface area contributed by atoms with E-state index < -0.39 is 18.0 Å². The Bertz CT molecular complexity index is 256. The third-order valence-corrected chi connectivity index (χ3v) is 3.18. The van der Waals surface area contributed by atoms with Crippen LogP contribution in [0.3, 0.4) is 0 Å². The van der Waals surface area contributed by atoms with Crippen molar-refractivity contribution in [1.29, 1.82) is 0 Å². The fourth-order valence-electron chi connectivity index (χ4n) is 2.18. The lowest BCUT2D eigenvalue weighted by Crippen LogP contribution is -2.39. The van der Waals surface area contributed by atoms with E-state index in [1.165, 1.54) is 0 Å². The summed E-state index contributed by atoms with van der Waals surface area (Å²) in [6, 6.07) is 0. The first-order valence-electron chi connectivity index (χ1n) is 5.94. The van der Waals surface area contributed by atoms with Crippen molar-refractivity contribution in [3.8, 4) is 0 Å². The molecular formula is C11H19F3N2O. The molecule has 17 heavy (non-hydrogen) atoms. The molecule has 2 unspecified atom stereocenters. The van der Waals surface area contributed by atoms with Gasteiger partial charge in [-0.3, -0.25) is 4.79 Å². The molecule has 1 fully saturated rings. The summed E-state index contributed by atoms with van der Waals surface area (Å²) in [5.74, 6) is -2.03. The van der Waals surface area contributed by atoms with Gasteiger partial charge in [0.2, 0.25) is 5.91 Å². The number of carbonyl (C=O) groups excluding carboxylic acids is 1. The maximum Gasteiger partial charge on any atom is 0.391 e. The Morgan fingerprint density at radius 2 is 2.00 bits per heavy atom. The molecule has 1 amide bonds. The van der Waals surface area contributed by atoms with Gasteiger partial charge in [-0.2, -0.15) is 13.2 Å². The van der Waals surface area contributed by atoms with Crippen molar-refractivity contribution in [2.75, 3.05) is 20.1 Å². The molecule has 0 radical (unpaired) electrons. The largest absolute Gasteiger partial charge is 0.391 e. The highest BCUT2D eigenvalue weighted by molar-refractivity contribution is 5.78. The second-order valence-corrected chi connectivity index (χ2v) is 4.50. The number of hydrogen-bond donors (Lipinski definition) is 2. The van der Waals surface area contributed by atoms with Crippen LogP contribution in [0.4, 0.5) is 13.2 Å². The van der Waals surface area contributed by atoms with Crippen LogP contribution in [-0.4, -0.2) is 32.2 Å². The van der Waals surface area contributed by atoms with Gasteiger partial charge in [-0.25, -0.2) is 0 Å². The maximum atomic E-state index is 12.5. The number of halogens is 3. The topological polar surface area (TPSA) is 41.1 Å². The predicted molar refractivity (Wildman–Crippen MR) is 58.4 cm³/mol. The van der Waals surface area contributed by atoms with Crippen molar-refractivity contribution in [3.63, 3.8) is 0 Å². The highest BCUT2D eigenvalue weighted by Crippen LogP contribution is 2.39. The molecule has 2 atom stereocenters. The van der Waals surface area contributed by atoms with Crippen molar-refractivity contribution in [1.82, 2.24) is 10.6 Å². The molecule has 1 aliphatic rings. The molecule has 0 saturated heterocycles. The maximum absolute atomic E-state index is 12.5. The third-order valence-electron chi connectivity index (χ3n) is 3.18. The minimum Gasteiger partial charge on any atom is -0.355 e. The van der Waals surface area contributed by atoms with Crippen molar-refractivity contribution < 1.29 is 18.0 Å². The Morgan fingerprint density at radius 3 is 2.59 bits per heavy atom. The fraction of sp³-hybridized carbons (Fsp3) is 0.909. The molecule has 0 spiro atoms. The second-order valence-electron chi connectivity index (χ2n) is 4.50. The summed E-state index contributed by atoms with van der Waals surface area (Å²) in [6.07, 6.45) is -3.02. The molecule has 1 aliphatic carbocycles. The summed E-state index contributed by atoms with van der Waals surface area (Å²) in [4.78, 5) is 11.6. The van der Waals surface area contributed by atoms with E-state index in [9.17, 15) is 18.0 Å². The van der Waals surface area contributed by atoms with Crippen LogP contribution in [0.25, 0.3) is 0 Å². The number of hydrogen-bond acceptors (Lipinski definition) is 2. The monoisotopic (exact) mass is 252 g/mol. The second kappa shape index (κ2) is 6.23. The van der Waals surface area contributed by atoms with Crippen LogP contribution in [-0.2, 0) is 4.79 Å². The van der Waals surface area contributed by atoms with Crippen molar-refractivity contribution in [2.24, 2.45) is 11.8 Å². The van der Waals surface area contributed by atoms with Crippen LogP contribution in [0, 0.1) is 11.8 Å². The summed E-state index contributed by atoms with van der Waals surface area (Å²) in [7, 11) is 1.76. The van der Waals surface area contributed by atoms with Crippen LogP contribution in [0.15, 0.2) is 0 Å². The van der Waals surface area contributed by atoms with Gasteiger partial charge in [-0.05, 0) is 26.3 Å². The standard InChI is InChI=1S/C11H19F3N2O/c1-15-5-6-16-10(17)8-3-2-4-9(7-8)11(12,13)14/h8-9,15H,2-7H2,1H3,(H,16,17). The Labute approximate surface area is 99.1 Å². The molecule has 0 aromatic rings. The van der Waals surface area contributed by atoms with E-state index in [2.05, 4.69) is 10.6 Å². The van der Waals surface area contributed by atoms with Crippen LogP contribution in [0.2, 0.25) is 0 Å². The van der Waals surface area contributed by atoms with Gasteiger partial charge < -0.3 is 10.6 Å². The smallest absolute Gasteiger partial charge is 0.355 e.